The standard InChI is InChI=1S/C23H38N4O7/c1-13(2)8-15(23(34)26-11-14(3)28)9-20(31)17(4-6-21(24)32)27-22(33)7-5-19(30)18-10-16(29)12-25-18/h13,15-18,25,29H,4-12H2,1-3H3,(H2,24,32)(H,26,34)(H,27,33)/t15-,16-,17+,18+/m1/s1. The lowest BCUT2D eigenvalue weighted by molar-refractivity contribution is -0.133. The van der Waals surface area contributed by atoms with E-state index >= 15 is 0 Å². The molecule has 6 N–H and O–H groups in total. The minimum Gasteiger partial charge on any atom is -0.392 e. The number of carbonyl (C=O) groups excluding carboxylic acids is 6. The van der Waals surface area contributed by atoms with E-state index in [1.54, 1.807) is 0 Å². The fraction of sp³-hybridized carbons (Fsp3) is 0.739. The maximum absolute atomic E-state index is 13.0. The monoisotopic (exact) mass is 482 g/mol. The fourth-order valence-electron chi connectivity index (χ4n) is 3.83. The van der Waals surface area contributed by atoms with Crippen molar-refractivity contribution in [1.82, 2.24) is 16.0 Å². The number of hydrogen-bond acceptors (Lipinski definition) is 8. The van der Waals surface area contributed by atoms with Gasteiger partial charge in [-0.3, -0.25) is 28.8 Å². The second-order valence-corrected chi connectivity index (χ2v) is 9.36. The zero-order valence-electron chi connectivity index (χ0n) is 20.2. The van der Waals surface area contributed by atoms with Crippen molar-refractivity contribution in [2.75, 3.05) is 13.1 Å². The van der Waals surface area contributed by atoms with Gasteiger partial charge in [-0.05, 0) is 32.1 Å². The van der Waals surface area contributed by atoms with Crippen LogP contribution in [-0.2, 0) is 28.8 Å². The average molecular weight is 483 g/mol. The summed E-state index contributed by atoms with van der Waals surface area (Å²) in [6, 6.07) is -1.53. The van der Waals surface area contributed by atoms with Gasteiger partial charge in [-0.1, -0.05) is 13.8 Å². The number of carbonyl (C=O) groups is 6. The van der Waals surface area contributed by atoms with Crippen molar-refractivity contribution in [2.45, 2.75) is 83.9 Å². The van der Waals surface area contributed by atoms with Crippen LogP contribution in [0.2, 0.25) is 0 Å². The minimum atomic E-state index is -1.03. The molecular weight excluding hydrogens is 444 g/mol. The van der Waals surface area contributed by atoms with Crippen LogP contribution < -0.4 is 21.7 Å². The van der Waals surface area contributed by atoms with E-state index in [2.05, 4.69) is 16.0 Å². The first kappa shape index (κ1) is 29.4. The highest BCUT2D eigenvalue weighted by atomic mass is 16.3. The van der Waals surface area contributed by atoms with Crippen LogP contribution in [0.5, 0.6) is 0 Å². The number of aliphatic hydroxyl groups excluding tert-OH is 1. The van der Waals surface area contributed by atoms with Crippen LogP contribution in [-0.4, -0.2) is 71.5 Å². The van der Waals surface area contributed by atoms with Gasteiger partial charge in [0.2, 0.25) is 17.7 Å². The molecule has 0 aromatic rings. The van der Waals surface area contributed by atoms with Crippen molar-refractivity contribution in [1.29, 1.82) is 0 Å². The van der Waals surface area contributed by atoms with Crippen molar-refractivity contribution in [3.63, 3.8) is 0 Å². The zero-order chi connectivity index (χ0) is 25.8. The Morgan fingerprint density at radius 3 is 2.29 bits per heavy atom. The second-order valence-electron chi connectivity index (χ2n) is 9.36. The number of nitrogens with one attached hydrogen (secondary N) is 3. The predicted octanol–water partition coefficient (Wildman–Crippen LogP) is -0.864. The van der Waals surface area contributed by atoms with Gasteiger partial charge < -0.3 is 26.8 Å². The van der Waals surface area contributed by atoms with Crippen molar-refractivity contribution >= 4 is 35.1 Å². The number of Topliss-reactive ketones (excluding diaryl/α,β-unsaturated/α-hetero) is 3. The van der Waals surface area contributed by atoms with Gasteiger partial charge in [-0.2, -0.15) is 0 Å². The number of β-amino-alcohol motifs (C(OH)–C–C–N with tert-alkyl or cyclic N) is 1. The third-order valence-corrected chi connectivity index (χ3v) is 5.58. The first-order chi connectivity index (χ1) is 15.9. The molecule has 0 spiro atoms. The molecular formula is C23H38N4O7. The van der Waals surface area contributed by atoms with Gasteiger partial charge in [0.1, 0.15) is 11.6 Å². The molecule has 34 heavy (non-hydrogen) atoms. The summed E-state index contributed by atoms with van der Waals surface area (Å²) in [6.07, 6.45) is -0.431. The molecule has 192 valence electrons. The molecule has 1 heterocycles. The Morgan fingerprint density at radius 1 is 1.09 bits per heavy atom. The van der Waals surface area contributed by atoms with Gasteiger partial charge in [0, 0.05) is 38.1 Å². The van der Waals surface area contributed by atoms with E-state index in [0.717, 1.165) is 0 Å². The number of rotatable bonds is 16. The highest BCUT2D eigenvalue weighted by Gasteiger charge is 2.30. The molecule has 1 saturated heterocycles. The van der Waals surface area contributed by atoms with E-state index < -0.39 is 47.6 Å². The molecule has 0 aliphatic carbocycles. The molecule has 11 heteroatoms. The summed E-state index contributed by atoms with van der Waals surface area (Å²) in [5.41, 5.74) is 5.20. The number of aliphatic hydroxyl groups is 1. The van der Waals surface area contributed by atoms with Crippen LogP contribution in [0.25, 0.3) is 0 Å². The molecule has 0 unspecified atom stereocenters. The number of amides is 3. The Kier molecular flexibility index (Phi) is 12.6. The molecule has 0 aromatic carbocycles. The van der Waals surface area contributed by atoms with Gasteiger partial charge >= 0.3 is 0 Å². The van der Waals surface area contributed by atoms with Crippen LogP contribution in [0.3, 0.4) is 0 Å². The lowest BCUT2D eigenvalue weighted by Crippen LogP contribution is -2.44. The van der Waals surface area contributed by atoms with Crippen molar-refractivity contribution in [2.24, 2.45) is 17.6 Å². The van der Waals surface area contributed by atoms with Crippen molar-refractivity contribution in [3.05, 3.63) is 0 Å². The number of primary amides is 1. The third-order valence-electron chi connectivity index (χ3n) is 5.58. The fourth-order valence-corrected chi connectivity index (χ4v) is 3.83. The average Bonchev–Trinajstić information content (AvgIpc) is 3.18. The van der Waals surface area contributed by atoms with Gasteiger partial charge in [-0.25, -0.2) is 0 Å². The van der Waals surface area contributed by atoms with Crippen molar-refractivity contribution < 1.29 is 33.9 Å². The topological polar surface area (TPSA) is 185 Å². The van der Waals surface area contributed by atoms with E-state index in [1.807, 2.05) is 13.8 Å². The molecule has 11 nitrogen and oxygen atoms in total. The van der Waals surface area contributed by atoms with Gasteiger partial charge in [0.05, 0.1) is 24.7 Å². The number of nitrogens with two attached hydrogens (primary N) is 1. The first-order valence-corrected chi connectivity index (χ1v) is 11.7. The summed E-state index contributed by atoms with van der Waals surface area (Å²) in [5, 5.41) is 17.5. The Morgan fingerprint density at radius 2 is 1.76 bits per heavy atom. The first-order valence-electron chi connectivity index (χ1n) is 11.7. The quantitative estimate of drug-likeness (QED) is 0.188. The summed E-state index contributed by atoms with van der Waals surface area (Å²) >= 11 is 0. The molecule has 0 bridgehead atoms. The van der Waals surface area contributed by atoms with Crippen LogP contribution in [0.4, 0.5) is 0 Å². The largest absolute Gasteiger partial charge is 0.392 e. The van der Waals surface area contributed by atoms with E-state index in [0.29, 0.717) is 19.4 Å². The molecule has 0 radical (unpaired) electrons. The maximum Gasteiger partial charge on any atom is 0.223 e. The molecule has 1 fully saturated rings. The van der Waals surface area contributed by atoms with Crippen LogP contribution in [0.1, 0.15) is 65.7 Å². The molecule has 1 rings (SSSR count). The van der Waals surface area contributed by atoms with Crippen LogP contribution in [0.15, 0.2) is 0 Å². The van der Waals surface area contributed by atoms with E-state index in [9.17, 15) is 33.9 Å². The lowest BCUT2D eigenvalue weighted by atomic mass is 9.88. The van der Waals surface area contributed by atoms with E-state index in [1.165, 1.54) is 6.92 Å². The van der Waals surface area contributed by atoms with Gasteiger partial charge in [0.25, 0.3) is 0 Å². The summed E-state index contributed by atoms with van der Waals surface area (Å²) in [6.45, 7) is 5.33. The summed E-state index contributed by atoms with van der Waals surface area (Å²) in [4.78, 5) is 72.6. The third kappa shape index (κ3) is 11.5. The van der Waals surface area contributed by atoms with E-state index in [-0.39, 0.29) is 56.1 Å². The Labute approximate surface area is 200 Å². The molecule has 4 atom stereocenters. The normalized spacial score (nSPS) is 19.3. The van der Waals surface area contributed by atoms with Gasteiger partial charge in [0.15, 0.2) is 5.78 Å². The number of ketones is 3. The number of hydrogen-bond donors (Lipinski definition) is 5. The zero-order valence-corrected chi connectivity index (χ0v) is 20.2. The minimum absolute atomic E-state index is 0.0201. The Bertz CT molecular complexity index is 768. The highest BCUT2D eigenvalue weighted by Crippen LogP contribution is 2.18. The predicted molar refractivity (Wildman–Crippen MR) is 123 cm³/mol. The highest BCUT2D eigenvalue weighted by molar-refractivity contribution is 5.94. The van der Waals surface area contributed by atoms with Crippen LogP contribution >= 0.6 is 0 Å². The second kappa shape index (κ2) is 14.6. The molecule has 1 aliphatic rings. The van der Waals surface area contributed by atoms with Crippen LogP contribution in [0, 0.1) is 11.8 Å². The van der Waals surface area contributed by atoms with Crippen molar-refractivity contribution in [3.8, 4) is 0 Å². The Hall–Kier alpha value is -2.66. The molecule has 0 aromatic heterocycles. The Balaban J connectivity index is 2.76. The smallest absolute Gasteiger partial charge is 0.223 e. The summed E-state index contributed by atoms with van der Waals surface area (Å²) in [7, 11) is 0. The van der Waals surface area contributed by atoms with Gasteiger partial charge in [-0.15, -0.1) is 0 Å². The lowest BCUT2D eigenvalue weighted by Gasteiger charge is -2.22. The van der Waals surface area contributed by atoms with E-state index in [4.69, 9.17) is 5.73 Å². The summed E-state index contributed by atoms with van der Waals surface area (Å²) in [5.74, 6) is -3.02. The molecule has 1 aliphatic heterocycles. The SMILES string of the molecule is CC(=O)CNC(=O)[C@@H](CC(=O)[C@H](CCC(N)=O)NC(=O)CCC(=O)[C@@H]1C[C@@H](O)CN1)CC(C)C. The summed E-state index contributed by atoms with van der Waals surface area (Å²) < 4.78 is 0. The molecule has 0 saturated carbocycles. The maximum atomic E-state index is 13.0. The molecule has 3 amide bonds.